The molecule has 2 aromatic rings. The minimum atomic E-state index is -0.100. The molecule has 4 heteroatoms. The van der Waals surface area contributed by atoms with E-state index < -0.39 is 0 Å². The van der Waals surface area contributed by atoms with E-state index in [1.54, 1.807) is 0 Å². The second-order valence-electron chi connectivity index (χ2n) is 5.51. The summed E-state index contributed by atoms with van der Waals surface area (Å²) in [6, 6.07) is 15.6. The fourth-order valence-corrected chi connectivity index (χ4v) is 2.49. The molecule has 0 saturated carbocycles. The summed E-state index contributed by atoms with van der Waals surface area (Å²) in [5, 5.41) is 1.46. The van der Waals surface area contributed by atoms with Crippen LogP contribution in [0.25, 0.3) is 0 Å². The first-order valence-electron chi connectivity index (χ1n) is 7.33. The maximum atomic E-state index is 6.13. The van der Waals surface area contributed by atoms with Crippen LogP contribution in [0.15, 0.2) is 48.5 Å². The largest absolute Gasteiger partial charge is 0.369 e. The van der Waals surface area contributed by atoms with E-state index >= 15 is 0 Å². The van der Waals surface area contributed by atoms with Crippen molar-refractivity contribution in [2.24, 2.45) is 0 Å². The predicted molar refractivity (Wildman–Crippen MR) is 93.9 cm³/mol. The van der Waals surface area contributed by atoms with Gasteiger partial charge in [-0.15, -0.1) is 0 Å². The summed E-state index contributed by atoms with van der Waals surface area (Å²) in [7, 11) is 4.13. The highest BCUT2D eigenvalue weighted by atomic mass is 35.5. The Bertz CT molecular complexity index is 521. The van der Waals surface area contributed by atoms with Crippen LogP contribution in [-0.4, -0.2) is 32.1 Å². The summed E-state index contributed by atoms with van der Waals surface area (Å²) in [5.74, 6) is 0. The van der Waals surface area contributed by atoms with Gasteiger partial charge >= 0.3 is 0 Å². The lowest BCUT2D eigenvalue weighted by molar-refractivity contribution is 0.0744. The molecule has 0 saturated heterocycles. The Balaban J connectivity index is 2.13. The van der Waals surface area contributed by atoms with E-state index in [0.717, 1.165) is 34.1 Å². The van der Waals surface area contributed by atoms with Gasteiger partial charge in [-0.3, -0.25) is 0 Å². The standard InChI is InChI=1S/C18H21Cl2NO/c1-21(2)12-3-13-22-18(14-4-8-16(19)9-5-14)15-6-10-17(20)11-7-15/h4-11,18H,3,12-13H2,1-2H3. The molecule has 22 heavy (non-hydrogen) atoms. The monoisotopic (exact) mass is 337 g/mol. The molecule has 0 aliphatic rings. The van der Waals surface area contributed by atoms with Crippen molar-refractivity contribution in [2.45, 2.75) is 12.5 Å². The van der Waals surface area contributed by atoms with Crippen molar-refractivity contribution in [3.05, 3.63) is 69.7 Å². The summed E-state index contributed by atoms with van der Waals surface area (Å²) < 4.78 is 6.13. The molecule has 0 unspecified atom stereocenters. The minimum Gasteiger partial charge on any atom is -0.369 e. The molecule has 0 aromatic heterocycles. The number of hydrogen-bond acceptors (Lipinski definition) is 2. The molecular weight excluding hydrogens is 317 g/mol. The number of ether oxygens (including phenoxy) is 1. The third-order valence-electron chi connectivity index (χ3n) is 3.38. The van der Waals surface area contributed by atoms with Gasteiger partial charge in [0.15, 0.2) is 0 Å². The first-order chi connectivity index (χ1) is 10.6. The van der Waals surface area contributed by atoms with Crippen LogP contribution >= 0.6 is 23.2 Å². The first-order valence-corrected chi connectivity index (χ1v) is 8.09. The SMILES string of the molecule is CN(C)CCCOC(c1ccc(Cl)cc1)c1ccc(Cl)cc1. The molecular formula is C18H21Cl2NO. The molecule has 118 valence electrons. The van der Waals surface area contributed by atoms with Gasteiger partial charge < -0.3 is 9.64 Å². The molecule has 0 atom stereocenters. The Kier molecular flexibility index (Phi) is 6.71. The van der Waals surface area contributed by atoms with E-state index in [0.29, 0.717) is 6.61 Å². The predicted octanol–water partition coefficient (Wildman–Crippen LogP) is 5.05. The fourth-order valence-electron chi connectivity index (χ4n) is 2.24. The number of nitrogens with zero attached hydrogens (tertiary/aromatic N) is 1. The van der Waals surface area contributed by atoms with Gasteiger partial charge in [0.05, 0.1) is 0 Å². The molecule has 0 radical (unpaired) electrons. The zero-order valence-corrected chi connectivity index (χ0v) is 14.4. The topological polar surface area (TPSA) is 12.5 Å². The number of benzene rings is 2. The van der Waals surface area contributed by atoms with Gasteiger partial charge in [-0.05, 0) is 62.5 Å². The van der Waals surface area contributed by atoms with Crippen molar-refractivity contribution >= 4 is 23.2 Å². The van der Waals surface area contributed by atoms with Gasteiger partial charge in [-0.25, -0.2) is 0 Å². The van der Waals surface area contributed by atoms with E-state index in [9.17, 15) is 0 Å². The summed E-state index contributed by atoms with van der Waals surface area (Å²) in [6.07, 6.45) is 0.890. The molecule has 2 rings (SSSR count). The Morgan fingerprint density at radius 2 is 1.32 bits per heavy atom. The normalized spacial score (nSPS) is 11.4. The number of hydrogen-bond donors (Lipinski definition) is 0. The first kappa shape index (κ1) is 17.3. The summed E-state index contributed by atoms with van der Waals surface area (Å²) >= 11 is 12.0. The minimum absolute atomic E-state index is 0.100. The van der Waals surface area contributed by atoms with Gasteiger partial charge in [0.2, 0.25) is 0 Å². The van der Waals surface area contributed by atoms with Gasteiger partial charge in [-0.1, -0.05) is 47.5 Å². The zero-order valence-electron chi connectivity index (χ0n) is 12.9. The second kappa shape index (κ2) is 8.54. The van der Waals surface area contributed by atoms with E-state index in [2.05, 4.69) is 19.0 Å². The highest BCUT2D eigenvalue weighted by molar-refractivity contribution is 6.30. The zero-order chi connectivity index (χ0) is 15.9. The van der Waals surface area contributed by atoms with Crippen LogP contribution in [0.4, 0.5) is 0 Å². The van der Waals surface area contributed by atoms with E-state index in [4.69, 9.17) is 27.9 Å². The maximum absolute atomic E-state index is 6.13. The summed E-state index contributed by atoms with van der Waals surface area (Å²) in [4.78, 5) is 2.16. The smallest absolute Gasteiger partial charge is 0.108 e. The Morgan fingerprint density at radius 3 is 1.73 bits per heavy atom. The molecule has 2 nitrogen and oxygen atoms in total. The van der Waals surface area contributed by atoms with Gasteiger partial charge in [0.25, 0.3) is 0 Å². The van der Waals surface area contributed by atoms with Crippen molar-refractivity contribution in [2.75, 3.05) is 27.2 Å². The van der Waals surface area contributed by atoms with Gasteiger partial charge in [0, 0.05) is 16.7 Å². The van der Waals surface area contributed by atoms with Crippen LogP contribution in [0.1, 0.15) is 23.7 Å². The lowest BCUT2D eigenvalue weighted by atomic mass is 10.0. The Labute approximate surface area is 142 Å². The lowest BCUT2D eigenvalue weighted by Gasteiger charge is -2.20. The van der Waals surface area contributed by atoms with Crippen LogP contribution < -0.4 is 0 Å². The fraction of sp³-hybridized carbons (Fsp3) is 0.333. The molecule has 0 amide bonds. The summed E-state index contributed by atoms with van der Waals surface area (Å²) in [5.41, 5.74) is 2.19. The van der Waals surface area contributed by atoms with Crippen LogP contribution in [0.5, 0.6) is 0 Å². The molecule has 0 spiro atoms. The molecule has 0 N–H and O–H groups in total. The second-order valence-corrected chi connectivity index (χ2v) is 6.38. The van der Waals surface area contributed by atoms with Crippen molar-refractivity contribution in [1.82, 2.24) is 4.90 Å². The number of rotatable bonds is 7. The quantitative estimate of drug-likeness (QED) is 0.655. The molecule has 2 aromatic carbocycles. The highest BCUT2D eigenvalue weighted by Gasteiger charge is 2.14. The molecule has 0 aliphatic carbocycles. The third-order valence-corrected chi connectivity index (χ3v) is 3.88. The van der Waals surface area contributed by atoms with Crippen molar-refractivity contribution < 1.29 is 4.74 Å². The third kappa shape index (κ3) is 5.29. The van der Waals surface area contributed by atoms with Gasteiger partial charge in [-0.2, -0.15) is 0 Å². The van der Waals surface area contributed by atoms with Crippen molar-refractivity contribution in [3.63, 3.8) is 0 Å². The molecule has 0 bridgehead atoms. The van der Waals surface area contributed by atoms with Crippen LogP contribution in [0.3, 0.4) is 0 Å². The highest BCUT2D eigenvalue weighted by Crippen LogP contribution is 2.28. The molecule has 0 heterocycles. The Hall–Kier alpha value is -1.06. The van der Waals surface area contributed by atoms with E-state index in [1.807, 2.05) is 48.5 Å². The average molecular weight is 338 g/mol. The van der Waals surface area contributed by atoms with E-state index in [-0.39, 0.29) is 6.10 Å². The van der Waals surface area contributed by atoms with Crippen LogP contribution in [0, 0.1) is 0 Å². The number of halogens is 2. The average Bonchev–Trinajstić information content (AvgIpc) is 2.50. The molecule has 0 aliphatic heterocycles. The van der Waals surface area contributed by atoms with Crippen molar-refractivity contribution in [1.29, 1.82) is 0 Å². The summed E-state index contributed by atoms with van der Waals surface area (Å²) in [6.45, 7) is 1.71. The lowest BCUT2D eigenvalue weighted by Crippen LogP contribution is -2.16. The van der Waals surface area contributed by atoms with Gasteiger partial charge in [0.1, 0.15) is 6.10 Å². The van der Waals surface area contributed by atoms with Crippen LogP contribution in [-0.2, 0) is 4.74 Å². The maximum Gasteiger partial charge on any atom is 0.108 e. The van der Waals surface area contributed by atoms with Crippen molar-refractivity contribution in [3.8, 4) is 0 Å². The van der Waals surface area contributed by atoms with Crippen LogP contribution in [0.2, 0.25) is 10.0 Å². The Morgan fingerprint density at radius 1 is 0.864 bits per heavy atom. The van der Waals surface area contributed by atoms with E-state index in [1.165, 1.54) is 0 Å². The molecule has 0 fully saturated rings.